The van der Waals surface area contributed by atoms with Crippen molar-refractivity contribution in [1.82, 2.24) is 9.97 Å². The Balaban J connectivity index is 3.22. The van der Waals surface area contributed by atoms with Crippen molar-refractivity contribution in [3.8, 4) is 5.88 Å². The minimum absolute atomic E-state index is 0.470. The maximum Gasteiger partial charge on any atom is 0.423 e. The van der Waals surface area contributed by atoms with E-state index >= 15 is 0 Å². The molecule has 1 rings (SSSR count). The lowest BCUT2D eigenvalue weighted by molar-refractivity contribution is -0.139. The fourth-order valence-corrected chi connectivity index (χ4v) is 0.906. The van der Waals surface area contributed by atoms with Gasteiger partial charge in [0.15, 0.2) is 0 Å². The monoisotopic (exact) mass is 236 g/mol. The van der Waals surface area contributed by atoms with E-state index in [1.54, 1.807) is 0 Å². The van der Waals surface area contributed by atoms with Crippen molar-refractivity contribution < 1.29 is 27.4 Å². The van der Waals surface area contributed by atoms with E-state index in [1.165, 1.54) is 0 Å². The zero-order valence-corrected chi connectivity index (χ0v) is 8.33. The number of aromatic nitrogens is 2. The molecule has 0 aliphatic heterocycles. The highest BCUT2D eigenvalue weighted by Gasteiger charge is 2.36. The first-order valence-corrected chi connectivity index (χ1v) is 3.96. The Kier molecular flexibility index (Phi) is 3.31. The lowest BCUT2D eigenvalue weighted by atomic mass is 10.3. The minimum atomic E-state index is -4.64. The third kappa shape index (κ3) is 2.38. The normalized spacial score (nSPS) is 11.1. The molecule has 0 aromatic carbocycles. The fourth-order valence-electron chi connectivity index (χ4n) is 0.906. The second kappa shape index (κ2) is 4.33. The summed E-state index contributed by atoms with van der Waals surface area (Å²) in [6.07, 6.45) is -4.17. The molecule has 0 aliphatic carbocycles. The second-order valence-corrected chi connectivity index (χ2v) is 2.61. The molecule has 16 heavy (non-hydrogen) atoms. The number of methoxy groups -OCH3 is 2. The third-order valence-electron chi connectivity index (χ3n) is 1.62. The van der Waals surface area contributed by atoms with Gasteiger partial charge in [0, 0.05) is 6.20 Å². The molecule has 0 bridgehead atoms. The molecule has 1 heterocycles. The van der Waals surface area contributed by atoms with E-state index in [0.29, 0.717) is 6.20 Å². The third-order valence-corrected chi connectivity index (χ3v) is 1.62. The Bertz CT molecular complexity index is 406. The first kappa shape index (κ1) is 12.2. The number of halogens is 3. The lowest BCUT2D eigenvalue weighted by Gasteiger charge is -2.10. The van der Waals surface area contributed by atoms with Gasteiger partial charge in [-0.2, -0.15) is 18.2 Å². The zero-order valence-electron chi connectivity index (χ0n) is 8.33. The molecule has 0 aliphatic rings. The topological polar surface area (TPSA) is 61.3 Å². The summed E-state index contributed by atoms with van der Waals surface area (Å²) < 4.78 is 45.8. The number of carbonyl (C=O) groups excluding carboxylic acids is 1. The number of alkyl halides is 3. The molecule has 5 nitrogen and oxygen atoms in total. The van der Waals surface area contributed by atoms with Crippen molar-refractivity contribution in [2.24, 2.45) is 0 Å². The van der Waals surface area contributed by atoms with Gasteiger partial charge in [0.25, 0.3) is 0 Å². The van der Waals surface area contributed by atoms with Crippen LogP contribution in [0.3, 0.4) is 0 Å². The summed E-state index contributed by atoms with van der Waals surface area (Å²) in [7, 11) is 2.08. The van der Waals surface area contributed by atoms with E-state index < -0.39 is 29.4 Å². The number of esters is 1. The van der Waals surface area contributed by atoms with Gasteiger partial charge >= 0.3 is 12.1 Å². The number of rotatable bonds is 2. The van der Waals surface area contributed by atoms with Crippen molar-refractivity contribution in [3.05, 3.63) is 17.6 Å². The highest BCUT2D eigenvalue weighted by Crippen LogP contribution is 2.34. The molecule has 0 saturated carbocycles. The summed E-state index contributed by atoms with van der Waals surface area (Å²) in [4.78, 5) is 17.5. The molecule has 1 aromatic rings. The van der Waals surface area contributed by atoms with E-state index in [0.717, 1.165) is 14.2 Å². The Morgan fingerprint density at radius 2 is 2.00 bits per heavy atom. The lowest BCUT2D eigenvalue weighted by Crippen LogP contribution is -2.14. The van der Waals surface area contributed by atoms with Crippen LogP contribution in [0.4, 0.5) is 13.2 Å². The summed E-state index contributed by atoms with van der Waals surface area (Å²) in [5.41, 5.74) is -1.15. The smallest absolute Gasteiger partial charge is 0.423 e. The number of ether oxygens (including phenoxy) is 2. The quantitative estimate of drug-likeness (QED) is 0.724. The van der Waals surface area contributed by atoms with Gasteiger partial charge in [-0.05, 0) is 0 Å². The highest BCUT2D eigenvalue weighted by atomic mass is 19.4. The Hall–Kier alpha value is -1.86. The Morgan fingerprint density at radius 3 is 2.44 bits per heavy atom. The van der Waals surface area contributed by atoms with E-state index in [4.69, 9.17) is 0 Å². The Labute approximate surface area is 88.2 Å². The van der Waals surface area contributed by atoms with Crippen LogP contribution in [-0.2, 0) is 10.9 Å². The molecule has 0 amide bonds. The van der Waals surface area contributed by atoms with Crippen LogP contribution >= 0.6 is 0 Å². The van der Waals surface area contributed by atoms with Gasteiger partial charge in [-0.1, -0.05) is 0 Å². The summed E-state index contributed by atoms with van der Waals surface area (Å²) in [5, 5.41) is 0. The predicted octanol–water partition coefficient (Wildman–Crippen LogP) is 1.29. The number of carbonyl (C=O) groups is 1. The molecule has 0 fully saturated rings. The van der Waals surface area contributed by atoms with Crippen LogP contribution in [0.2, 0.25) is 0 Å². The van der Waals surface area contributed by atoms with E-state index in [9.17, 15) is 18.0 Å². The van der Waals surface area contributed by atoms with Crippen LogP contribution < -0.4 is 4.74 Å². The molecule has 0 atom stereocenters. The van der Waals surface area contributed by atoms with Gasteiger partial charge in [-0.3, -0.25) is 0 Å². The summed E-state index contributed by atoms with van der Waals surface area (Å²) in [6, 6.07) is 0. The molecule has 0 spiro atoms. The molecular formula is C8H7F3N2O3. The molecule has 88 valence electrons. The van der Waals surface area contributed by atoms with Crippen LogP contribution in [0, 0.1) is 0 Å². The predicted molar refractivity (Wildman–Crippen MR) is 44.9 cm³/mol. The first-order valence-electron chi connectivity index (χ1n) is 3.96. The first-order chi connectivity index (χ1) is 7.40. The zero-order chi connectivity index (χ0) is 12.3. The molecule has 0 radical (unpaired) electrons. The van der Waals surface area contributed by atoms with Gasteiger partial charge < -0.3 is 9.47 Å². The van der Waals surface area contributed by atoms with Crippen molar-refractivity contribution in [2.75, 3.05) is 14.2 Å². The summed E-state index contributed by atoms with van der Waals surface area (Å²) in [6.45, 7) is 0. The van der Waals surface area contributed by atoms with E-state index in [1.807, 2.05) is 0 Å². The van der Waals surface area contributed by atoms with Crippen molar-refractivity contribution in [2.45, 2.75) is 6.18 Å². The second-order valence-electron chi connectivity index (χ2n) is 2.61. The standard InChI is InChI=1S/C8H7F3N2O3/c1-15-6-4(8(9,10)11)3-12-5(13-6)7(14)16-2/h3H,1-2H3. The van der Waals surface area contributed by atoms with Gasteiger partial charge in [0.1, 0.15) is 5.56 Å². The number of hydrogen-bond donors (Lipinski definition) is 0. The van der Waals surface area contributed by atoms with Crippen LogP contribution in [-0.4, -0.2) is 30.2 Å². The average molecular weight is 236 g/mol. The Morgan fingerprint density at radius 1 is 1.38 bits per heavy atom. The molecule has 8 heteroatoms. The molecule has 1 aromatic heterocycles. The summed E-state index contributed by atoms with van der Waals surface area (Å²) >= 11 is 0. The number of hydrogen-bond acceptors (Lipinski definition) is 5. The van der Waals surface area contributed by atoms with Crippen LogP contribution in [0.5, 0.6) is 5.88 Å². The minimum Gasteiger partial charge on any atom is -0.480 e. The summed E-state index contributed by atoms with van der Waals surface area (Å²) in [5.74, 6) is -2.15. The van der Waals surface area contributed by atoms with Gasteiger partial charge in [0.2, 0.25) is 11.7 Å². The average Bonchev–Trinajstić information content (AvgIpc) is 2.25. The molecule has 0 unspecified atom stereocenters. The number of nitrogens with zero attached hydrogens (tertiary/aromatic N) is 2. The van der Waals surface area contributed by atoms with Crippen molar-refractivity contribution >= 4 is 5.97 Å². The fraction of sp³-hybridized carbons (Fsp3) is 0.375. The maximum absolute atomic E-state index is 12.4. The SMILES string of the molecule is COC(=O)c1ncc(C(F)(F)F)c(OC)n1. The van der Waals surface area contributed by atoms with Gasteiger partial charge in [0.05, 0.1) is 14.2 Å². The van der Waals surface area contributed by atoms with Crippen molar-refractivity contribution in [1.29, 1.82) is 0 Å². The maximum atomic E-state index is 12.4. The van der Waals surface area contributed by atoms with Crippen LogP contribution in [0.15, 0.2) is 6.20 Å². The van der Waals surface area contributed by atoms with Gasteiger partial charge in [-0.15, -0.1) is 0 Å². The van der Waals surface area contributed by atoms with Crippen molar-refractivity contribution in [3.63, 3.8) is 0 Å². The van der Waals surface area contributed by atoms with Gasteiger partial charge in [-0.25, -0.2) is 9.78 Å². The molecule has 0 N–H and O–H groups in total. The molecule has 0 saturated heterocycles. The highest BCUT2D eigenvalue weighted by molar-refractivity contribution is 5.85. The van der Waals surface area contributed by atoms with E-state index in [2.05, 4.69) is 19.4 Å². The van der Waals surface area contributed by atoms with E-state index in [-0.39, 0.29) is 0 Å². The van der Waals surface area contributed by atoms with Crippen LogP contribution in [0.1, 0.15) is 16.2 Å². The van der Waals surface area contributed by atoms with Crippen LogP contribution in [0.25, 0.3) is 0 Å². The largest absolute Gasteiger partial charge is 0.480 e. The molecular weight excluding hydrogens is 229 g/mol.